The Kier molecular flexibility index (Phi) is 5.78. The van der Waals surface area contributed by atoms with Gasteiger partial charge in [0.1, 0.15) is 0 Å². The Bertz CT molecular complexity index is 305. The highest BCUT2D eigenvalue weighted by Crippen LogP contribution is 2.09. The van der Waals surface area contributed by atoms with Crippen LogP contribution in [-0.2, 0) is 6.42 Å². The Morgan fingerprint density at radius 2 is 2.12 bits per heavy atom. The van der Waals surface area contributed by atoms with Crippen LogP contribution in [-0.4, -0.2) is 27.8 Å². The maximum Gasteiger partial charge on any atom is 0.232 e. The molecule has 0 saturated heterocycles. The van der Waals surface area contributed by atoms with E-state index in [-0.39, 0.29) is 6.10 Å². The first kappa shape index (κ1) is 12.9. The fraction of sp³-hybridized carbons (Fsp3) is 0.667. The van der Waals surface area contributed by atoms with Gasteiger partial charge in [-0.2, -0.15) is 0 Å². The van der Waals surface area contributed by atoms with Crippen molar-refractivity contribution >= 4 is 0 Å². The number of aliphatic hydroxyl groups excluding tert-OH is 1. The molecule has 90 valence electrons. The zero-order valence-electron chi connectivity index (χ0n) is 10.0. The maximum absolute atomic E-state index is 9.66. The van der Waals surface area contributed by atoms with E-state index in [4.69, 9.17) is 4.74 Å². The molecule has 0 aromatic carbocycles. The van der Waals surface area contributed by atoms with Gasteiger partial charge in [-0.1, -0.05) is 20.3 Å². The molecule has 0 amide bonds. The summed E-state index contributed by atoms with van der Waals surface area (Å²) in [5.41, 5.74) is 0.787. The van der Waals surface area contributed by atoms with Gasteiger partial charge in [0.25, 0.3) is 0 Å². The summed E-state index contributed by atoms with van der Waals surface area (Å²) in [6, 6.07) is 0. The lowest BCUT2D eigenvalue weighted by Crippen LogP contribution is -2.11. The second-order valence-electron chi connectivity index (χ2n) is 3.84. The van der Waals surface area contributed by atoms with E-state index in [2.05, 4.69) is 16.9 Å². The molecule has 0 aliphatic rings. The van der Waals surface area contributed by atoms with Crippen LogP contribution in [0, 0.1) is 0 Å². The van der Waals surface area contributed by atoms with Gasteiger partial charge in [0.15, 0.2) is 0 Å². The molecule has 16 heavy (non-hydrogen) atoms. The first-order valence-corrected chi connectivity index (χ1v) is 5.88. The summed E-state index contributed by atoms with van der Waals surface area (Å²) >= 11 is 0. The Balaban J connectivity index is 2.52. The van der Waals surface area contributed by atoms with Crippen molar-refractivity contribution in [3.05, 3.63) is 18.1 Å². The molecular formula is C12H20N2O2. The molecule has 1 unspecified atom stereocenters. The fourth-order valence-electron chi connectivity index (χ4n) is 1.44. The van der Waals surface area contributed by atoms with Gasteiger partial charge in [-0.05, 0) is 12.8 Å². The second kappa shape index (κ2) is 7.17. The third-order valence-electron chi connectivity index (χ3n) is 2.18. The average molecular weight is 224 g/mol. The molecule has 0 aliphatic carbocycles. The molecule has 1 aromatic rings. The van der Waals surface area contributed by atoms with Crippen molar-refractivity contribution in [2.75, 3.05) is 6.61 Å². The van der Waals surface area contributed by atoms with Crippen molar-refractivity contribution < 1.29 is 9.84 Å². The molecule has 1 heterocycles. The monoisotopic (exact) mass is 224 g/mol. The van der Waals surface area contributed by atoms with Crippen LogP contribution in [0.2, 0.25) is 0 Å². The molecule has 1 atom stereocenters. The number of aliphatic hydroxyl groups is 1. The predicted octanol–water partition coefficient (Wildman–Crippen LogP) is 1.97. The van der Waals surface area contributed by atoms with Crippen molar-refractivity contribution in [3.63, 3.8) is 0 Å². The second-order valence-corrected chi connectivity index (χ2v) is 3.84. The van der Waals surface area contributed by atoms with Crippen molar-refractivity contribution in [2.24, 2.45) is 0 Å². The van der Waals surface area contributed by atoms with E-state index in [1.165, 1.54) is 0 Å². The molecular weight excluding hydrogens is 204 g/mol. The molecule has 0 bridgehead atoms. The summed E-state index contributed by atoms with van der Waals surface area (Å²) in [7, 11) is 0. The SMILES string of the molecule is CCCOc1cncc(CC(O)CCC)n1. The van der Waals surface area contributed by atoms with Crippen LogP contribution in [0.15, 0.2) is 12.4 Å². The molecule has 1 N–H and O–H groups in total. The highest BCUT2D eigenvalue weighted by Gasteiger charge is 2.06. The predicted molar refractivity (Wildman–Crippen MR) is 62.4 cm³/mol. The van der Waals surface area contributed by atoms with E-state index >= 15 is 0 Å². The van der Waals surface area contributed by atoms with Crippen LogP contribution in [0.5, 0.6) is 5.88 Å². The molecule has 0 aliphatic heterocycles. The minimum Gasteiger partial charge on any atom is -0.477 e. The van der Waals surface area contributed by atoms with Crippen LogP contribution >= 0.6 is 0 Å². The molecule has 0 radical (unpaired) electrons. The highest BCUT2D eigenvalue weighted by atomic mass is 16.5. The maximum atomic E-state index is 9.66. The summed E-state index contributed by atoms with van der Waals surface area (Å²) in [6.07, 6.45) is 6.21. The number of hydrogen-bond donors (Lipinski definition) is 1. The summed E-state index contributed by atoms with van der Waals surface area (Å²) in [6.45, 7) is 4.74. The van der Waals surface area contributed by atoms with Gasteiger partial charge in [0, 0.05) is 12.6 Å². The van der Waals surface area contributed by atoms with Crippen LogP contribution < -0.4 is 4.74 Å². The minimum absolute atomic E-state index is 0.333. The number of aromatic nitrogens is 2. The summed E-state index contributed by atoms with van der Waals surface area (Å²) < 4.78 is 5.38. The first-order chi connectivity index (χ1) is 7.76. The summed E-state index contributed by atoms with van der Waals surface area (Å²) in [5, 5.41) is 9.66. The van der Waals surface area contributed by atoms with E-state index < -0.39 is 0 Å². The van der Waals surface area contributed by atoms with Crippen molar-refractivity contribution in [1.29, 1.82) is 0 Å². The van der Waals surface area contributed by atoms with Gasteiger partial charge in [-0.25, -0.2) is 4.98 Å². The van der Waals surface area contributed by atoms with Crippen LogP contribution in [0.25, 0.3) is 0 Å². The lowest BCUT2D eigenvalue weighted by Gasteiger charge is -2.09. The first-order valence-electron chi connectivity index (χ1n) is 5.88. The Morgan fingerprint density at radius 3 is 2.81 bits per heavy atom. The van der Waals surface area contributed by atoms with Gasteiger partial charge in [0.2, 0.25) is 5.88 Å². The topological polar surface area (TPSA) is 55.2 Å². The quantitative estimate of drug-likeness (QED) is 0.769. The zero-order chi connectivity index (χ0) is 11.8. The Morgan fingerprint density at radius 1 is 1.31 bits per heavy atom. The van der Waals surface area contributed by atoms with Crippen LogP contribution in [0.1, 0.15) is 38.8 Å². The standard InChI is InChI=1S/C12H20N2O2/c1-3-5-11(15)7-10-8-13-9-12(14-10)16-6-4-2/h8-9,11,15H,3-7H2,1-2H3. The molecule has 0 spiro atoms. The molecule has 1 aromatic heterocycles. The largest absolute Gasteiger partial charge is 0.477 e. The number of hydrogen-bond acceptors (Lipinski definition) is 4. The van der Waals surface area contributed by atoms with Crippen molar-refractivity contribution in [1.82, 2.24) is 9.97 Å². The number of nitrogens with zero attached hydrogens (tertiary/aromatic N) is 2. The third kappa shape index (κ3) is 4.57. The number of ether oxygens (including phenoxy) is 1. The van der Waals surface area contributed by atoms with Gasteiger partial charge < -0.3 is 9.84 Å². The summed E-state index contributed by atoms with van der Waals surface area (Å²) in [5.74, 6) is 0.544. The lowest BCUT2D eigenvalue weighted by atomic mass is 10.1. The molecule has 4 heteroatoms. The highest BCUT2D eigenvalue weighted by molar-refractivity contribution is 5.09. The van der Waals surface area contributed by atoms with E-state index in [0.717, 1.165) is 25.0 Å². The summed E-state index contributed by atoms with van der Waals surface area (Å²) in [4.78, 5) is 8.34. The third-order valence-corrected chi connectivity index (χ3v) is 2.18. The minimum atomic E-state index is -0.333. The van der Waals surface area contributed by atoms with E-state index in [9.17, 15) is 5.11 Å². The van der Waals surface area contributed by atoms with Gasteiger partial charge >= 0.3 is 0 Å². The van der Waals surface area contributed by atoms with Gasteiger partial charge in [-0.15, -0.1) is 0 Å². The molecule has 1 rings (SSSR count). The smallest absolute Gasteiger partial charge is 0.232 e. The number of rotatable bonds is 7. The van der Waals surface area contributed by atoms with Crippen LogP contribution in [0.4, 0.5) is 0 Å². The van der Waals surface area contributed by atoms with E-state index in [1.807, 2.05) is 6.92 Å². The van der Waals surface area contributed by atoms with Gasteiger partial charge in [0.05, 0.1) is 24.6 Å². The zero-order valence-corrected chi connectivity index (χ0v) is 10.0. The Labute approximate surface area is 96.7 Å². The van der Waals surface area contributed by atoms with E-state index in [0.29, 0.717) is 18.9 Å². The molecule has 0 saturated carbocycles. The van der Waals surface area contributed by atoms with Crippen LogP contribution in [0.3, 0.4) is 0 Å². The fourth-order valence-corrected chi connectivity index (χ4v) is 1.44. The van der Waals surface area contributed by atoms with Gasteiger partial charge in [-0.3, -0.25) is 4.98 Å². The van der Waals surface area contributed by atoms with Crippen molar-refractivity contribution in [2.45, 2.75) is 45.6 Å². The lowest BCUT2D eigenvalue weighted by molar-refractivity contribution is 0.162. The van der Waals surface area contributed by atoms with E-state index in [1.54, 1.807) is 12.4 Å². The Hall–Kier alpha value is -1.16. The van der Waals surface area contributed by atoms with Crippen molar-refractivity contribution in [3.8, 4) is 5.88 Å². The molecule has 4 nitrogen and oxygen atoms in total. The average Bonchev–Trinajstić information content (AvgIpc) is 2.27. The normalized spacial score (nSPS) is 12.4. The molecule has 0 fully saturated rings.